The molecule has 2 aromatic heterocycles. The zero-order chi connectivity index (χ0) is 17.6. The van der Waals surface area contributed by atoms with Crippen LogP contribution in [0.5, 0.6) is 5.75 Å². The van der Waals surface area contributed by atoms with E-state index in [1.54, 1.807) is 6.20 Å². The van der Waals surface area contributed by atoms with Gasteiger partial charge in [0.1, 0.15) is 10.4 Å². The molecule has 136 valence electrons. The van der Waals surface area contributed by atoms with E-state index < -0.39 is 0 Å². The summed E-state index contributed by atoms with van der Waals surface area (Å²) in [5.74, 6) is 2.67. The number of pyridine rings is 1. The summed E-state index contributed by atoms with van der Waals surface area (Å²) in [6.07, 6.45) is 6.34. The Morgan fingerprint density at radius 2 is 2.12 bits per heavy atom. The summed E-state index contributed by atoms with van der Waals surface area (Å²) in [5, 5.41) is 4.05. The van der Waals surface area contributed by atoms with Crippen LogP contribution in [0.15, 0.2) is 27.5 Å². The molecular formula is C18H25BrN4O2. The fraction of sp³-hybridized carbons (Fsp3) is 0.611. The molecule has 25 heavy (non-hydrogen) atoms. The molecule has 0 radical (unpaired) electrons. The SMILES string of the molecule is CC(C)c1noc(N2CCC(CCCOc3ccc(Br)nc3)CC2)n1. The Hall–Kier alpha value is -1.63. The van der Waals surface area contributed by atoms with Crippen molar-refractivity contribution in [1.82, 2.24) is 15.1 Å². The Bertz CT molecular complexity index is 651. The number of halogens is 1. The third-order valence-electron chi connectivity index (χ3n) is 4.56. The van der Waals surface area contributed by atoms with Crippen LogP contribution in [0.25, 0.3) is 0 Å². The van der Waals surface area contributed by atoms with Crippen molar-refractivity contribution in [3.8, 4) is 5.75 Å². The molecule has 1 aliphatic rings. The van der Waals surface area contributed by atoms with Gasteiger partial charge in [0.05, 0.1) is 12.8 Å². The van der Waals surface area contributed by atoms with Crippen molar-refractivity contribution in [3.63, 3.8) is 0 Å². The quantitative estimate of drug-likeness (QED) is 0.498. The van der Waals surface area contributed by atoms with E-state index in [4.69, 9.17) is 9.26 Å². The van der Waals surface area contributed by atoms with Gasteiger partial charge in [0, 0.05) is 19.0 Å². The minimum atomic E-state index is 0.302. The maximum atomic E-state index is 5.74. The van der Waals surface area contributed by atoms with Crippen molar-refractivity contribution in [3.05, 3.63) is 28.8 Å². The van der Waals surface area contributed by atoms with Crippen molar-refractivity contribution >= 4 is 21.9 Å². The fourth-order valence-electron chi connectivity index (χ4n) is 3.01. The van der Waals surface area contributed by atoms with Crippen LogP contribution in [-0.4, -0.2) is 34.8 Å². The standard InChI is InChI=1S/C18H25BrN4O2/c1-13(2)17-21-18(25-22-17)23-9-7-14(8-10-23)4-3-11-24-15-5-6-16(19)20-12-15/h5-6,12-14H,3-4,7-11H2,1-2H3. The van der Waals surface area contributed by atoms with Gasteiger partial charge in [0.25, 0.3) is 0 Å². The van der Waals surface area contributed by atoms with E-state index >= 15 is 0 Å². The molecule has 0 saturated carbocycles. The van der Waals surface area contributed by atoms with Gasteiger partial charge in [-0.05, 0) is 59.7 Å². The Labute approximate surface area is 157 Å². The Morgan fingerprint density at radius 3 is 2.76 bits per heavy atom. The Kier molecular flexibility index (Phi) is 6.29. The molecule has 1 saturated heterocycles. The Balaban J connectivity index is 1.35. The van der Waals surface area contributed by atoms with Crippen molar-refractivity contribution in [1.29, 1.82) is 0 Å². The molecule has 0 aliphatic carbocycles. The van der Waals surface area contributed by atoms with Gasteiger partial charge in [-0.3, -0.25) is 0 Å². The summed E-state index contributed by atoms with van der Waals surface area (Å²) in [6.45, 7) is 6.87. The first kappa shape index (κ1) is 18.2. The monoisotopic (exact) mass is 408 g/mol. The third kappa shape index (κ3) is 5.17. The highest BCUT2D eigenvalue weighted by Gasteiger charge is 2.23. The van der Waals surface area contributed by atoms with Gasteiger partial charge in [-0.25, -0.2) is 4.98 Å². The largest absolute Gasteiger partial charge is 0.492 e. The van der Waals surface area contributed by atoms with Crippen molar-refractivity contribution in [2.45, 2.75) is 45.4 Å². The van der Waals surface area contributed by atoms with E-state index in [0.29, 0.717) is 11.9 Å². The van der Waals surface area contributed by atoms with Crippen molar-refractivity contribution in [2.24, 2.45) is 5.92 Å². The highest BCUT2D eigenvalue weighted by molar-refractivity contribution is 9.10. The summed E-state index contributed by atoms with van der Waals surface area (Å²) in [6, 6.07) is 4.51. The molecule has 2 aromatic rings. The number of aromatic nitrogens is 3. The fourth-order valence-corrected chi connectivity index (χ4v) is 3.25. The number of nitrogens with zero attached hydrogens (tertiary/aromatic N) is 4. The third-order valence-corrected chi connectivity index (χ3v) is 5.03. The average molecular weight is 409 g/mol. The van der Waals surface area contributed by atoms with Gasteiger partial charge in [-0.2, -0.15) is 4.98 Å². The lowest BCUT2D eigenvalue weighted by atomic mass is 9.92. The minimum Gasteiger partial charge on any atom is -0.492 e. The summed E-state index contributed by atoms with van der Waals surface area (Å²) in [5.41, 5.74) is 0. The molecule has 0 amide bonds. The van der Waals surface area contributed by atoms with Crippen LogP contribution in [0, 0.1) is 5.92 Å². The second kappa shape index (κ2) is 8.65. The molecule has 0 N–H and O–H groups in total. The van der Waals surface area contributed by atoms with E-state index in [9.17, 15) is 0 Å². The minimum absolute atomic E-state index is 0.302. The summed E-state index contributed by atoms with van der Waals surface area (Å²) >= 11 is 3.32. The van der Waals surface area contributed by atoms with E-state index in [0.717, 1.165) is 48.2 Å². The summed E-state index contributed by atoms with van der Waals surface area (Å²) in [7, 11) is 0. The van der Waals surface area contributed by atoms with E-state index in [1.807, 2.05) is 12.1 Å². The molecule has 0 atom stereocenters. The predicted molar refractivity (Wildman–Crippen MR) is 100.0 cm³/mol. The maximum absolute atomic E-state index is 5.74. The molecule has 0 spiro atoms. The highest BCUT2D eigenvalue weighted by atomic mass is 79.9. The molecule has 3 rings (SSSR count). The van der Waals surface area contributed by atoms with E-state index in [-0.39, 0.29) is 0 Å². The van der Waals surface area contributed by atoms with Crippen LogP contribution in [0.4, 0.5) is 6.01 Å². The molecule has 0 aromatic carbocycles. The lowest BCUT2D eigenvalue weighted by molar-refractivity contribution is 0.275. The van der Waals surface area contributed by atoms with Crippen LogP contribution in [0.3, 0.4) is 0 Å². The maximum Gasteiger partial charge on any atom is 0.324 e. The second-order valence-electron chi connectivity index (χ2n) is 6.83. The summed E-state index contributed by atoms with van der Waals surface area (Å²) < 4.78 is 12.0. The molecule has 3 heterocycles. The zero-order valence-corrected chi connectivity index (χ0v) is 16.4. The lowest BCUT2D eigenvalue weighted by Crippen LogP contribution is -2.34. The van der Waals surface area contributed by atoms with E-state index in [1.165, 1.54) is 19.3 Å². The van der Waals surface area contributed by atoms with Crippen LogP contribution in [0.1, 0.15) is 51.3 Å². The first-order chi connectivity index (χ1) is 12.1. The second-order valence-corrected chi connectivity index (χ2v) is 7.64. The van der Waals surface area contributed by atoms with Crippen LogP contribution in [-0.2, 0) is 0 Å². The lowest BCUT2D eigenvalue weighted by Gasteiger charge is -2.30. The van der Waals surface area contributed by atoms with Crippen LogP contribution >= 0.6 is 15.9 Å². The summed E-state index contributed by atoms with van der Waals surface area (Å²) in [4.78, 5) is 10.9. The predicted octanol–water partition coefficient (Wildman–Crippen LogP) is 4.43. The molecule has 7 heteroatoms. The molecule has 6 nitrogen and oxygen atoms in total. The smallest absolute Gasteiger partial charge is 0.324 e. The first-order valence-corrected chi connectivity index (χ1v) is 9.74. The van der Waals surface area contributed by atoms with Crippen LogP contribution in [0.2, 0.25) is 0 Å². The number of piperidine rings is 1. The van der Waals surface area contributed by atoms with Crippen LogP contribution < -0.4 is 9.64 Å². The molecule has 1 fully saturated rings. The zero-order valence-electron chi connectivity index (χ0n) is 14.8. The molecule has 0 unspecified atom stereocenters. The normalized spacial score (nSPS) is 15.8. The molecular weight excluding hydrogens is 384 g/mol. The van der Waals surface area contributed by atoms with Crippen molar-refractivity contribution < 1.29 is 9.26 Å². The number of hydrogen-bond acceptors (Lipinski definition) is 6. The number of rotatable bonds is 7. The highest BCUT2D eigenvalue weighted by Crippen LogP contribution is 2.26. The number of hydrogen-bond donors (Lipinski definition) is 0. The topological polar surface area (TPSA) is 64.3 Å². The van der Waals surface area contributed by atoms with Crippen molar-refractivity contribution in [2.75, 3.05) is 24.6 Å². The van der Waals surface area contributed by atoms with Gasteiger partial charge in [-0.1, -0.05) is 19.0 Å². The molecule has 0 bridgehead atoms. The van der Waals surface area contributed by atoms with Gasteiger partial charge < -0.3 is 14.2 Å². The van der Waals surface area contributed by atoms with Gasteiger partial charge in [0.15, 0.2) is 5.82 Å². The van der Waals surface area contributed by atoms with Gasteiger partial charge in [0.2, 0.25) is 0 Å². The average Bonchev–Trinajstić information content (AvgIpc) is 3.11. The molecule has 1 aliphatic heterocycles. The number of ether oxygens (including phenoxy) is 1. The Morgan fingerprint density at radius 1 is 1.32 bits per heavy atom. The van der Waals surface area contributed by atoms with Gasteiger partial charge >= 0.3 is 6.01 Å². The first-order valence-electron chi connectivity index (χ1n) is 8.94. The van der Waals surface area contributed by atoms with Gasteiger partial charge in [-0.15, -0.1) is 0 Å². The van der Waals surface area contributed by atoms with E-state index in [2.05, 4.69) is 49.8 Å². The number of anilines is 1.